The van der Waals surface area contributed by atoms with Crippen LogP contribution >= 0.6 is 11.3 Å². The molecule has 0 aliphatic heterocycles. The Morgan fingerprint density at radius 1 is 1.21 bits per heavy atom. The van der Waals surface area contributed by atoms with E-state index in [1.165, 1.54) is 29.1 Å². The fourth-order valence-electron chi connectivity index (χ4n) is 2.70. The largest absolute Gasteiger partial charge is 0.370 e. The van der Waals surface area contributed by atoms with Gasteiger partial charge in [0.05, 0.1) is 11.3 Å². The number of rotatable bonds is 8. The Hall–Kier alpha value is -3.07. The fourth-order valence-corrected chi connectivity index (χ4v) is 3.14. The van der Waals surface area contributed by atoms with Crippen LogP contribution in [-0.2, 0) is 6.54 Å². The van der Waals surface area contributed by atoms with Crippen LogP contribution in [0, 0.1) is 5.82 Å². The maximum atomic E-state index is 14.4. The summed E-state index contributed by atoms with van der Waals surface area (Å²) in [5.41, 5.74) is 3.37. The number of carbonyl (C=O) groups is 1. The molecule has 0 saturated carbocycles. The second kappa shape index (κ2) is 9.23. The lowest BCUT2D eigenvalue weighted by molar-refractivity contribution is 0.102. The lowest BCUT2D eigenvalue weighted by Crippen LogP contribution is -2.23. The van der Waals surface area contributed by atoms with Crippen LogP contribution in [0.4, 0.5) is 21.0 Å². The Morgan fingerprint density at radius 3 is 2.64 bits per heavy atom. The summed E-state index contributed by atoms with van der Waals surface area (Å²) in [6, 6.07) is 8.59. The van der Waals surface area contributed by atoms with Gasteiger partial charge in [0.2, 0.25) is 5.13 Å². The predicted molar refractivity (Wildman–Crippen MR) is 109 cm³/mol. The maximum absolute atomic E-state index is 14.4. The molecule has 0 spiro atoms. The normalized spacial score (nSPS) is 10.5. The first-order valence-corrected chi connectivity index (χ1v) is 9.79. The number of carbonyl (C=O) groups excluding carboxylic acids is 1. The number of pyridine rings is 1. The van der Waals surface area contributed by atoms with Crippen molar-refractivity contribution in [3.63, 3.8) is 0 Å². The third-order valence-electron chi connectivity index (χ3n) is 4.20. The molecule has 0 aliphatic rings. The highest BCUT2D eigenvalue weighted by atomic mass is 32.1. The van der Waals surface area contributed by atoms with Gasteiger partial charge in [-0.3, -0.25) is 10.1 Å². The van der Waals surface area contributed by atoms with Crippen molar-refractivity contribution < 1.29 is 9.18 Å². The number of anilines is 3. The second-order valence-electron chi connectivity index (χ2n) is 5.94. The van der Waals surface area contributed by atoms with E-state index in [1.807, 2.05) is 24.8 Å². The van der Waals surface area contributed by atoms with Crippen LogP contribution in [-0.4, -0.2) is 34.2 Å². The molecule has 7 nitrogen and oxygen atoms in total. The molecule has 0 radical (unpaired) electrons. The Bertz CT molecular complexity index is 913. The molecule has 0 atom stereocenters. The molecule has 9 heteroatoms. The topological polar surface area (TPSA) is 83.0 Å². The zero-order valence-corrected chi connectivity index (χ0v) is 16.5. The molecule has 3 aromatic rings. The highest BCUT2D eigenvalue weighted by Gasteiger charge is 2.10. The van der Waals surface area contributed by atoms with Gasteiger partial charge in [-0.2, -0.15) is 0 Å². The van der Waals surface area contributed by atoms with Crippen LogP contribution in [0.1, 0.15) is 29.8 Å². The van der Waals surface area contributed by atoms with Gasteiger partial charge in [-0.15, -0.1) is 10.2 Å². The van der Waals surface area contributed by atoms with Crippen LogP contribution in [0.15, 0.2) is 42.0 Å². The van der Waals surface area contributed by atoms with Gasteiger partial charge in [0.25, 0.3) is 5.91 Å². The summed E-state index contributed by atoms with van der Waals surface area (Å²) < 4.78 is 14.4. The van der Waals surface area contributed by atoms with E-state index in [-0.39, 0.29) is 11.7 Å². The van der Waals surface area contributed by atoms with Crippen LogP contribution in [0.2, 0.25) is 0 Å². The predicted octanol–water partition coefficient (Wildman–Crippen LogP) is 3.78. The van der Waals surface area contributed by atoms with Crippen molar-refractivity contribution in [3.8, 4) is 0 Å². The number of halogens is 1. The number of nitrogens with zero attached hydrogens (tertiary/aromatic N) is 4. The molecule has 1 aromatic carbocycles. The highest BCUT2D eigenvalue weighted by Crippen LogP contribution is 2.21. The van der Waals surface area contributed by atoms with Gasteiger partial charge < -0.3 is 10.2 Å². The number of amides is 1. The smallest absolute Gasteiger partial charge is 0.259 e. The third kappa shape index (κ3) is 4.80. The minimum Gasteiger partial charge on any atom is -0.370 e. The van der Waals surface area contributed by atoms with Gasteiger partial charge in [0.1, 0.15) is 17.1 Å². The Morgan fingerprint density at radius 2 is 2.04 bits per heavy atom. The Kier molecular flexibility index (Phi) is 6.49. The monoisotopic (exact) mass is 400 g/mol. The van der Waals surface area contributed by atoms with Crippen molar-refractivity contribution in [3.05, 3.63) is 59.0 Å². The van der Waals surface area contributed by atoms with E-state index >= 15 is 0 Å². The van der Waals surface area contributed by atoms with Crippen molar-refractivity contribution in [1.29, 1.82) is 0 Å². The molecule has 146 valence electrons. The van der Waals surface area contributed by atoms with E-state index in [0.29, 0.717) is 28.7 Å². The van der Waals surface area contributed by atoms with Crippen molar-refractivity contribution in [2.75, 3.05) is 28.6 Å². The summed E-state index contributed by atoms with van der Waals surface area (Å²) in [4.78, 5) is 18.3. The van der Waals surface area contributed by atoms with Crippen LogP contribution < -0.4 is 15.5 Å². The minimum atomic E-state index is -0.301. The molecule has 3 rings (SSSR count). The molecule has 28 heavy (non-hydrogen) atoms. The third-order valence-corrected chi connectivity index (χ3v) is 4.80. The molecule has 0 saturated heterocycles. The zero-order chi connectivity index (χ0) is 19.9. The fraction of sp³-hybridized carbons (Fsp3) is 0.263. The molecular weight excluding hydrogens is 379 g/mol. The standard InChI is InChI=1S/C19H21FN6OS/c1-3-26(4-2)16-7-5-13(9-15(16)20)10-21-17-8-6-14(11-22-17)18(27)24-19-25-23-12-28-19/h5-9,11-12H,3-4,10H2,1-2H3,(H,21,22)(H,24,25,27). The Labute approximate surface area is 166 Å². The lowest BCUT2D eigenvalue weighted by atomic mass is 10.1. The van der Waals surface area contributed by atoms with Crippen molar-refractivity contribution in [1.82, 2.24) is 15.2 Å². The summed E-state index contributed by atoms with van der Waals surface area (Å²) in [6.07, 6.45) is 1.47. The molecule has 2 heterocycles. The number of benzene rings is 1. The summed E-state index contributed by atoms with van der Waals surface area (Å²) in [5.74, 6) is 0.0604. The quantitative estimate of drug-likeness (QED) is 0.599. The van der Waals surface area contributed by atoms with E-state index in [0.717, 1.165) is 18.7 Å². The molecule has 0 aliphatic carbocycles. The Balaban J connectivity index is 1.59. The van der Waals surface area contributed by atoms with Crippen LogP contribution in [0.25, 0.3) is 0 Å². The van der Waals surface area contributed by atoms with E-state index in [9.17, 15) is 9.18 Å². The van der Waals surface area contributed by atoms with Crippen molar-refractivity contribution in [2.24, 2.45) is 0 Å². The van der Waals surface area contributed by atoms with E-state index < -0.39 is 0 Å². The number of aromatic nitrogens is 3. The summed E-state index contributed by atoms with van der Waals surface area (Å²) >= 11 is 1.24. The number of hydrogen-bond acceptors (Lipinski definition) is 7. The minimum absolute atomic E-state index is 0.236. The lowest BCUT2D eigenvalue weighted by Gasteiger charge is -2.22. The molecule has 2 aromatic heterocycles. The first-order valence-electron chi connectivity index (χ1n) is 8.91. The first kappa shape index (κ1) is 19.7. The van der Waals surface area contributed by atoms with Crippen LogP contribution in [0.5, 0.6) is 0 Å². The van der Waals surface area contributed by atoms with E-state index in [2.05, 4.69) is 25.8 Å². The average Bonchev–Trinajstić information content (AvgIpc) is 3.22. The van der Waals surface area contributed by atoms with Gasteiger partial charge in [0, 0.05) is 25.8 Å². The van der Waals surface area contributed by atoms with Crippen molar-refractivity contribution >= 4 is 33.9 Å². The maximum Gasteiger partial charge on any atom is 0.259 e. The second-order valence-corrected chi connectivity index (χ2v) is 6.77. The molecule has 0 fully saturated rings. The molecule has 2 N–H and O–H groups in total. The van der Waals surface area contributed by atoms with Gasteiger partial charge in [-0.1, -0.05) is 17.4 Å². The van der Waals surface area contributed by atoms with Gasteiger partial charge in [0.15, 0.2) is 0 Å². The summed E-state index contributed by atoms with van der Waals surface area (Å²) in [7, 11) is 0. The van der Waals surface area contributed by atoms with Crippen LogP contribution in [0.3, 0.4) is 0 Å². The number of nitrogens with one attached hydrogen (secondary N) is 2. The summed E-state index contributed by atoms with van der Waals surface area (Å²) in [6.45, 7) is 5.95. The number of hydrogen-bond donors (Lipinski definition) is 2. The van der Waals surface area contributed by atoms with Gasteiger partial charge in [-0.05, 0) is 43.7 Å². The molecule has 0 unspecified atom stereocenters. The van der Waals surface area contributed by atoms with Gasteiger partial charge >= 0.3 is 0 Å². The molecule has 0 bridgehead atoms. The van der Waals surface area contributed by atoms with Crippen molar-refractivity contribution in [2.45, 2.75) is 20.4 Å². The zero-order valence-electron chi connectivity index (χ0n) is 15.6. The van der Waals surface area contributed by atoms with E-state index in [1.54, 1.807) is 18.2 Å². The van der Waals surface area contributed by atoms with E-state index in [4.69, 9.17) is 0 Å². The highest BCUT2D eigenvalue weighted by molar-refractivity contribution is 7.13. The molecule has 1 amide bonds. The molecular formula is C19H21FN6OS. The van der Waals surface area contributed by atoms with Gasteiger partial charge in [-0.25, -0.2) is 9.37 Å². The summed E-state index contributed by atoms with van der Waals surface area (Å²) in [5, 5.41) is 13.6. The average molecular weight is 400 g/mol. The SMILES string of the molecule is CCN(CC)c1ccc(CNc2ccc(C(=O)Nc3nncs3)cn2)cc1F. The first-order chi connectivity index (χ1) is 13.6.